The molecule has 2 heterocycles. The molecule has 16 heavy (non-hydrogen) atoms. The van der Waals surface area contributed by atoms with Crippen LogP contribution in [-0.4, -0.2) is 16.8 Å². The first-order valence-corrected chi connectivity index (χ1v) is 5.60. The van der Waals surface area contributed by atoms with E-state index in [0.717, 1.165) is 0 Å². The zero-order valence-electron chi connectivity index (χ0n) is 11.6. The summed E-state index contributed by atoms with van der Waals surface area (Å²) in [4.78, 5) is 5.71. The molecule has 0 bridgehead atoms. The average molecular weight is 251 g/mol. The molecule has 3 atom stereocenters. The molecule has 0 aliphatic carbocycles. The van der Waals surface area contributed by atoms with Gasteiger partial charge in [0, 0.05) is 11.5 Å². The maximum absolute atomic E-state index is 5.71. The number of hydrogen-bond acceptors (Lipinski definition) is 3. The Labute approximate surface area is 106 Å². The average Bonchev–Trinajstić information content (AvgIpc) is 2.79. The zero-order chi connectivity index (χ0) is 10.9. The predicted molar refractivity (Wildman–Crippen MR) is 69.8 cm³/mol. The van der Waals surface area contributed by atoms with Crippen molar-refractivity contribution in [1.29, 1.82) is 0 Å². The molecule has 3 nitrogen and oxygen atoms in total. The Morgan fingerprint density at radius 2 is 1.44 bits per heavy atom. The van der Waals surface area contributed by atoms with Crippen molar-refractivity contribution in [2.24, 2.45) is 16.7 Å². The first kappa shape index (κ1) is 16.2. The van der Waals surface area contributed by atoms with E-state index in [1.807, 2.05) is 0 Å². The van der Waals surface area contributed by atoms with Crippen LogP contribution in [-0.2, 0) is 4.84 Å². The quantitative estimate of drug-likeness (QED) is 0.668. The van der Waals surface area contributed by atoms with Crippen LogP contribution in [0.25, 0.3) is 0 Å². The van der Waals surface area contributed by atoms with E-state index in [0.29, 0.717) is 17.6 Å². The summed E-state index contributed by atoms with van der Waals surface area (Å²) in [6, 6.07) is 0. The molecular formula is C12H27ClN2O. The van der Waals surface area contributed by atoms with Crippen molar-refractivity contribution in [2.75, 3.05) is 0 Å². The summed E-state index contributed by atoms with van der Waals surface area (Å²) in [7, 11) is 0. The molecule has 0 radical (unpaired) electrons. The summed E-state index contributed by atoms with van der Waals surface area (Å²) in [6.07, 6.45) is 0.355. The molecule has 3 unspecified atom stereocenters. The SMILES string of the molecule is CC1C2ON2C(C)(C)C(C)(C)C1(C)C.Cl.N. The number of halogens is 1. The van der Waals surface area contributed by atoms with Gasteiger partial charge in [0.2, 0.25) is 0 Å². The van der Waals surface area contributed by atoms with Crippen molar-refractivity contribution in [3.05, 3.63) is 0 Å². The van der Waals surface area contributed by atoms with Gasteiger partial charge in [-0.2, -0.15) is 5.06 Å². The summed E-state index contributed by atoms with van der Waals surface area (Å²) >= 11 is 0. The summed E-state index contributed by atoms with van der Waals surface area (Å²) in [5.74, 6) is 0.602. The number of hydrogen-bond donors (Lipinski definition) is 1. The maximum atomic E-state index is 5.71. The van der Waals surface area contributed by atoms with Crippen molar-refractivity contribution in [3.8, 4) is 0 Å². The van der Waals surface area contributed by atoms with E-state index in [1.165, 1.54) is 0 Å². The summed E-state index contributed by atoms with van der Waals surface area (Å²) in [5.41, 5.74) is 0.703. The van der Waals surface area contributed by atoms with Gasteiger partial charge in [0.25, 0.3) is 0 Å². The molecule has 0 saturated carbocycles. The smallest absolute Gasteiger partial charge is 0.158 e. The molecule has 0 amide bonds. The largest absolute Gasteiger partial charge is 0.344 e. The number of hydroxylamine groups is 2. The molecule has 0 aromatic rings. The number of piperidine rings is 1. The standard InChI is InChI=1S/C12H23NO.ClH.H3N/c1-8-9-13(14-9)12(6,7)11(4,5)10(8,2)3;;/h8-9H,1-7H3;1H;1H3. The third-order valence-corrected chi connectivity index (χ3v) is 5.66. The first-order chi connectivity index (χ1) is 6.14. The maximum Gasteiger partial charge on any atom is 0.158 e. The monoisotopic (exact) mass is 250 g/mol. The van der Waals surface area contributed by atoms with E-state index in [-0.39, 0.29) is 29.5 Å². The lowest BCUT2D eigenvalue weighted by Crippen LogP contribution is -2.60. The van der Waals surface area contributed by atoms with Crippen LogP contribution >= 0.6 is 12.4 Å². The topological polar surface area (TPSA) is 50.5 Å². The van der Waals surface area contributed by atoms with Crippen LogP contribution in [0.5, 0.6) is 0 Å². The Bertz CT molecular complexity index is 276. The van der Waals surface area contributed by atoms with Crippen molar-refractivity contribution < 1.29 is 4.84 Å². The summed E-state index contributed by atoms with van der Waals surface area (Å²) in [6.45, 7) is 16.4. The fourth-order valence-electron chi connectivity index (χ4n) is 2.82. The summed E-state index contributed by atoms with van der Waals surface area (Å²) < 4.78 is 0. The van der Waals surface area contributed by atoms with Crippen LogP contribution < -0.4 is 6.15 Å². The highest BCUT2D eigenvalue weighted by Gasteiger charge is 2.68. The van der Waals surface area contributed by atoms with Gasteiger partial charge in [-0.1, -0.05) is 34.6 Å². The van der Waals surface area contributed by atoms with Crippen LogP contribution in [0.3, 0.4) is 0 Å². The summed E-state index contributed by atoms with van der Waals surface area (Å²) in [5, 5.41) is 2.18. The van der Waals surface area contributed by atoms with E-state index in [4.69, 9.17) is 4.84 Å². The minimum atomic E-state index is 0. The van der Waals surface area contributed by atoms with E-state index >= 15 is 0 Å². The molecule has 2 fully saturated rings. The van der Waals surface area contributed by atoms with Gasteiger partial charge in [-0.25, -0.2) is 0 Å². The Kier molecular flexibility index (Phi) is 3.88. The number of nitrogens with zero attached hydrogens (tertiary/aromatic N) is 1. The lowest BCUT2D eigenvalue weighted by atomic mass is 9.52. The molecule has 2 aliphatic heterocycles. The number of fused-ring (bicyclic) bond motifs is 1. The lowest BCUT2D eigenvalue weighted by Gasteiger charge is -2.57. The highest BCUT2D eigenvalue weighted by Crippen LogP contribution is 2.63. The Morgan fingerprint density at radius 1 is 1.00 bits per heavy atom. The van der Waals surface area contributed by atoms with Gasteiger partial charge in [-0.3, -0.25) is 4.84 Å². The van der Waals surface area contributed by atoms with Crippen molar-refractivity contribution >= 4 is 12.4 Å². The molecule has 4 heteroatoms. The molecule has 0 aromatic heterocycles. The molecule has 0 spiro atoms. The zero-order valence-corrected chi connectivity index (χ0v) is 12.4. The van der Waals surface area contributed by atoms with Crippen molar-refractivity contribution in [3.63, 3.8) is 0 Å². The minimum absolute atomic E-state index is 0. The van der Waals surface area contributed by atoms with E-state index in [9.17, 15) is 0 Å². The Morgan fingerprint density at radius 3 is 1.88 bits per heavy atom. The number of rotatable bonds is 0. The molecule has 3 N–H and O–H groups in total. The molecule has 2 aliphatic rings. The predicted octanol–water partition coefficient (Wildman–Crippen LogP) is 3.62. The molecular weight excluding hydrogens is 224 g/mol. The van der Waals surface area contributed by atoms with E-state index in [2.05, 4.69) is 53.5 Å². The van der Waals surface area contributed by atoms with Crippen LogP contribution in [0.1, 0.15) is 48.5 Å². The van der Waals surface area contributed by atoms with Gasteiger partial charge in [0.1, 0.15) is 0 Å². The van der Waals surface area contributed by atoms with Crippen molar-refractivity contribution in [1.82, 2.24) is 11.2 Å². The highest BCUT2D eigenvalue weighted by atomic mass is 35.5. The normalized spacial score (nSPS) is 41.1. The van der Waals surface area contributed by atoms with Crippen LogP contribution in [0.2, 0.25) is 0 Å². The lowest BCUT2D eigenvalue weighted by molar-refractivity contribution is -0.109. The van der Waals surface area contributed by atoms with E-state index < -0.39 is 0 Å². The Hall–Kier alpha value is 0.170. The second-order valence-electron chi connectivity index (χ2n) is 6.52. The highest BCUT2D eigenvalue weighted by molar-refractivity contribution is 5.85. The second kappa shape index (κ2) is 3.84. The fraction of sp³-hybridized carbons (Fsp3) is 1.00. The van der Waals surface area contributed by atoms with Gasteiger partial charge in [0.05, 0.1) is 0 Å². The second-order valence-corrected chi connectivity index (χ2v) is 6.52. The van der Waals surface area contributed by atoms with Crippen LogP contribution in [0.4, 0.5) is 0 Å². The van der Waals surface area contributed by atoms with Gasteiger partial charge >= 0.3 is 0 Å². The first-order valence-electron chi connectivity index (χ1n) is 5.60. The van der Waals surface area contributed by atoms with Gasteiger partial charge in [0.15, 0.2) is 6.23 Å². The molecule has 2 saturated heterocycles. The third-order valence-electron chi connectivity index (χ3n) is 5.66. The molecule has 98 valence electrons. The molecule has 2 rings (SSSR count). The van der Waals surface area contributed by atoms with Gasteiger partial charge < -0.3 is 6.15 Å². The van der Waals surface area contributed by atoms with Crippen molar-refractivity contribution in [2.45, 2.75) is 60.2 Å². The van der Waals surface area contributed by atoms with Gasteiger partial charge in [-0.05, 0) is 24.7 Å². The third kappa shape index (κ3) is 1.52. The van der Waals surface area contributed by atoms with Crippen LogP contribution in [0.15, 0.2) is 0 Å². The Balaban J connectivity index is 0.00000112. The molecule has 0 aromatic carbocycles. The minimum Gasteiger partial charge on any atom is -0.344 e. The van der Waals surface area contributed by atoms with Gasteiger partial charge in [-0.15, -0.1) is 12.4 Å². The van der Waals surface area contributed by atoms with E-state index in [1.54, 1.807) is 0 Å². The fourth-order valence-corrected chi connectivity index (χ4v) is 2.82. The van der Waals surface area contributed by atoms with Crippen LogP contribution in [0, 0.1) is 16.7 Å².